The molecule has 0 aliphatic heterocycles. The van der Waals surface area contributed by atoms with Gasteiger partial charge in [0, 0.05) is 4.91 Å². The molecule has 0 spiro atoms. The quantitative estimate of drug-likeness (QED) is 0.670. The van der Waals surface area contributed by atoms with E-state index in [0.717, 1.165) is 11.8 Å². The fourth-order valence-corrected chi connectivity index (χ4v) is 2.06. The van der Waals surface area contributed by atoms with Crippen LogP contribution in [0.15, 0.2) is 34.3 Å². The summed E-state index contributed by atoms with van der Waals surface area (Å²) in [5.41, 5.74) is 0.556. The number of aromatic amines is 1. The van der Waals surface area contributed by atoms with Gasteiger partial charge in [0.1, 0.15) is 11.6 Å². The molecule has 0 fully saturated rings. The molecule has 0 bridgehead atoms. The molecule has 0 aliphatic rings. The second kappa shape index (κ2) is 5.66. The van der Waals surface area contributed by atoms with Gasteiger partial charge in [-0.05, 0) is 42.5 Å². The fourth-order valence-electron chi connectivity index (χ4n) is 1.31. The number of nitrogens with zero attached hydrogens (tertiary/aromatic N) is 2. The zero-order valence-electron chi connectivity index (χ0n) is 9.88. The van der Waals surface area contributed by atoms with E-state index in [4.69, 9.17) is 0 Å². The van der Waals surface area contributed by atoms with Crippen molar-refractivity contribution in [3.8, 4) is 0 Å². The highest BCUT2D eigenvalue weighted by Gasteiger charge is 2.07. The molecule has 0 saturated carbocycles. The van der Waals surface area contributed by atoms with E-state index in [1.165, 1.54) is 30.3 Å². The van der Waals surface area contributed by atoms with Crippen molar-refractivity contribution < 1.29 is 14.3 Å². The van der Waals surface area contributed by atoms with E-state index in [-0.39, 0.29) is 15.9 Å². The standard InChI is InChI=1S/C12H10FN3O2S/c1-7-14-12(16-15-7)19-10(11(17)18)6-8-2-4-9(13)5-3-8/h2-6H,1H3,(H,17,18)(H,14,15,16)/p-1/b10-6+. The Kier molecular flexibility index (Phi) is 3.96. The van der Waals surface area contributed by atoms with E-state index in [0.29, 0.717) is 11.4 Å². The van der Waals surface area contributed by atoms with E-state index in [1.54, 1.807) is 6.92 Å². The van der Waals surface area contributed by atoms with Crippen LogP contribution in [0.3, 0.4) is 0 Å². The molecule has 0 amide bonds. The van der Waals surface area contributed by atoms with Gasteiger partial charge in [-0.15, -0.1) is 5.10 Å². The summed E-state index contributed by atoms with van der Waals surface area (Å²) in [7, 11) is 0. The average molecular weight is 278 g/mol. The topological polar surface area (TPSA) is 81.7 Å². The Hall–Kier alpha value is -2.15. The molecule has 0 aliphatic carbocycles. The van der Waals surface area contributed by atoms with Crippen LogP contribution in [0.1, 0.15) is 11.4 Å². The Balaban J connectivity index is 2.24. The first kappa shape index (κ1) is 13.3. The minimum Gasteiger partial charge on any atom is -0.544 e. The summed E-state index contributed by atoms with van der Waals surface area (Å²) in [6.07, 6.45) is 1.38. The maximum Gasteiger partial charge on any atom is 0.213 e. The van der Waals surface area contributed by atoms with Crippen LogP contribution in [0.2, 0.25) is 0 Å². The molecule has 0 atom stereocenters. The van der Waals surface area contributed by atoms with Crippen LogP contribution in [-0.2, 0) is 4.79 Å². The van der Waals surface area contributed by atoms with Gasteiger partial charge >= 0.3 is 0 Å². The zero-order chi connectivity index (χ0) is 13.8. The van der Waals surface area contributed by atoms with Crippen LogP contribution in [0.25, 0.3) is 6.08 Å². The SMILES string of the molecule is Cc1nc(S/C(=C/c2ccc(F)cc2)C(=O)[O-])n[nH]1. The van der Waals surface area contributed by atoms with E-state index in [2.05, 4.69) is 15.2 Å². The summed E-state index contributed by atoms with van der Waals surface area (Å²) in [4.78, 5) is 15.0. The maximum atomic E-state index is 12.8. The molecule has 1 aromatic carbocycles. The molecule has 7 heteroatoms. The van der Waals surface area contributed by atoms with E-state index in [9.17, 15) is 14.3 Å². The normalized spacial score (nSPS) is 11.6. The number of rotatable bonds is 4. The number of aromatic nitrogens is 3. The molecule has 1 heterocycles. The van der Waals surface area contributed by atoms with Crippen LogP contribution < -0.4 is 5.11 Å². The highest BCUT2D eigenvalue weighted by Crippen LogP contribution is 2.24. The largest absolute Gasteiger partial charge is 0.544 e. The number of carboxylic acids is 1. The predicted octanol–water partition coefficient (Wildman–Crippen LogP) is 1.14. The lowest BCUT2D eigenvalue weighted by molar-refractivity contribution is -0.297. The van der Waals surface area contributed by atoms with Crippen molar-refractivity contribution in [3.63, 3.8) is 0 Å². The molecule has 19 heavy (non-hydrogen) atoms. The van der Waals surface area contributed by atoms with Crippen molar-refractivity contribution in [1.82, 2.24) is 15.2 Å². The molecule has 0 saturated heterocycles. The number of carbonyl (C=O) groups is 1. The Morgan fingerprint density at radius 2 is 2.11 bits per heavy atom. The Labute approximate surface area is 112 Å². The second-order valence-electron chi connectivity index (χ2n) is 3.65. The van der Waals surface area contributed by atoms with Gasteiger partial charge in [0.15, 0.2) is 0 Å². The zero-order valence-corrected chi connectivity index (χ0v) is 10.7. The third-order valence-electron chi connectivity index (χ3n) is 2.15. The van der Waals surface area contributed by atoms with Crippen LogP contribution in [0.4, 0.5) is 4.39 Å². The number of halogens is 1. The maximum absolute atomic E-state index is 12.8. The number of benzene rings is 1. The summed E-state index contributed by atoms with van der Waals surface area (Å²) < 4.78 is 12.8. The van der Waals surface area contributed by atoms with Gasteiger partial charge < -0.3 is 9.90 Å². The predicted molar refractivity (Wildman–Crippen MR) is 66.4 cm³/mol. The summed E-state index contributed by atoms with van der Waals surface area (Å²) in [5, 5.41) is 17.8. The van der Waals surface area contributed by atoms with Crippen LogP contribution in [0, 0.1) is 12.7 Å². The number of hydrogen-bond donors (Lipinski definition) is 1. The lowest BCUT2D eigenvalue weighted by Gasteiger charge is -2.05. The smallest absolute Gasteiger partial charge is 0.213 e. The number of carboxylic acid groups (broad SMARTS) is 1. The van der Waals surface area contributed by atoms with Crippen LogP contribution in [0.5, 0.6) is 0 Å². The molecule has 2 rings (SSSR count). The first-order valence-electron chi connectivity index (χ1n) is 5.30. The fraction of sp³-hybridized carbons (Fsp3) is 0.0833. The van der Waals surface area contributed by atoms with Gasteiger partial charge in [-0.25, -0.2) is 9.37 Å². The molecular weight excluding hydrogens is 269 g/mol. The molecule has 1 aromatic heterocycles. The summed E-state index contributed by atoms with van der Waals surface area (Å²) in [6.45, 7) is 1.71. The van der Waals surface area contributed by atoms with Crippen molar-refractivity contribution in [2.45, 2.75) is 12.1 Å². The highest BCUT2D eigenvalue weighted by molar-refractivity contribution is 8.04. The van der Waals surface area contributed by atoms with Gasteiger partial charge in [-0.3, -0.25) is 5.10 Å². The number of thioether (sulfide) groups is 1. The molecule has 0 radical (unpaired) electrons. The molecule has 0 unspecified atom stereocenters. The van der Waals surface area contributed by atoms with Crippen molar-refractivity contribution in [2.24, 2.45) is 0 Å². The third kappa shape index (κ3) is 3.65. The minimum absolute atomic E-state index is 0.0504. The van der Waals surface area contributed by atoms with E-state index < -0.39 is 5.97 Å². The number of hydrogen-bond acceptors (Lipinski definition) is 5. The van der Waals surface area contributed by atoms with Crippen molar-refractivity contribution in [1.29, 1.82) is 0 Å². The van der Waals surface area contributed by atoms with E-state index >= 15 is 0 Å². The van der Waals surface area contributed by atoms with Gasteiger partial charge in [-0.2, -0.15) is 0 Å². The number of H-pyrrole nitrogens is 1. The van der Waals surface area contributed by atoms with Gasteiger partial charge in [0.25, 0.3) is 0 Å². The van der Waals surface area contributed by atoms with Crippen molar-refractivity contribution in [2.75, 3.05) is 0 Å². The Morgan fingerprint density at radius 1 is 1.42 bits per heavy atom. The Morgan fingerprint density at radius 3 is 2.63 bits per heavy atom. The summed E-state index contributed by atoms with van der Waals surface area (Å²) in [5.74, 6) is -1.14. The summed E-state index contributed by atoms with van der Waals surface area (Å²) in [6, 6.07) is 5.45. The van der Waals surface area contributed by atoms with Crippen LogP contribution >= 0.6 is 11.8 Å². The van der Waals surface area contributed by atoms with Crippen LogP contribution in [-0.4, -0.2) is 21.2 Å². The van der Waals surface area contributed by atoms with Crippen molar-refractivity contribution >= 4 is 23.8 Å². The Bertz CT molecular complexity index is 622. The number of aryl methyl sites for hydroxylation is 1. The molecule has 1 N–H and O–H groups in total. The first-order valence-corrected chi connectivity index (χ1v) is 6.12. The molecule has 5 nitrogen and oxygen atoms in total. The summed E-state index contributed by atoms with van der Waals surface area (Å²) >= 11 is 0.869. The molecule has 2 aromatic rings. The number of carbonyl (C=O) groups excluding carboxylic acids is 1. The number of nitrogens with one attached hydrogen (secondary N) is 1. The third-order valence-corrected chi connectivity index (χ3v) is 3.02. The lowest BCUT2D eigenvalue weighted by atomic mass is 10.2. The second-order valence-corrected chi connectivity index (χ2v) is 4.66. The average Bonchev–Trinajstić information content (AvgIpc) is 2.76. The lowest BCUT2D eigenvalue weighted by Crippen LogP contribution is -2.23. The first-order chi connectivity index (χ1) is 9.04. The number of aliphatic carboxylic acids is 1. The van der Waals surface area contributed by atoms with Crippen molar-refractivity contribution in [3.05, 3.63) is 46.4 Å². The van der Waals surface area contributed by atoms with Gasteiger partial charge in [0.05, 0.1) is 5.97 Å². The van der Waals surface area contributed by atoms with E-state index in [1.807, 2.05) is 0 Å². The molecular formula is C12H9FN3O2S-. The minimum atomic E-state index is -1.34. The monoisotopic (exact) mass is 278 g/mol. The van der Waals surface area contributed by atoms with Gasteiger partial charge in [-0.1, -0.05) is 12.1 Å². The highest BCUT2D eigenvalue weighted by atomic mass is 32.2. The van der Waals surface area contributed by atoms with Gasteiger partial charge in [0.2, 0.25) is 5.16 Å². The molecule has 98 valence electrons.